The predicted octanol–water partition coefficient (Wildman–Crippen LogP) is 1.95. The molecule has 1 amide bonds. The molecule has 1 saturated heterocycles. The maximum atomic E-state index is 12.4. The smallest absolute Gasteiger partial charge is 0.258 e. The van der Waals surface area contributed by atoms with Gasteiger partial charge >= 0.3 is 0 Å². The molecular weight excluding hydrogens is 276 g/mol. The molecule has 1 saturated carbocycles. The van der Waals surface area contributed by atoms with Gasteiger partial charge in [-0.1, -0.05) is 50.1 Å². The van der Waals surface area contributed by atoms with E-state index in [1.807, 2.05) is 37.3 Å². The zero-order valence-corrected chi connectivity index (χ0v) is 13.0. The molecule has 0 aromatic heterocycles. The van der Waals surface area contributed by atoms with E-state index in [9.17, 15) is 4.79 Å². The molecule has 2 fully saturated rings. The molecule has 5 nitrogen and oxygen atoms in total. The normalized spacial score (nSPS) is 28.2. The standard InChI is InChI=1S/C17H24N4O/c1-2-14(12-8-4-3-5-9-12)18-21-17(22)16-13-10-6-7-11-15(13)19-20-16/h3-5,8-9,13,15-16,19-20H,2,6-7,10-11H2,1H3,(H,21,22)/b18-14+. The number of hydrogen-bond donors (Lipinski definition) is 3. The summed E-state index contributed by atoms with van der Waals surface area (Å²) in [6.45, 7) is 2.05. The Morgan fingerprint density at radius 2 is 2.00 bits per heavy atom. The first kappa shape index (κ1) is 15.2. The van der Waals surface area contributed by atoms with Gasteiger partial charge in [0.1, 0.15) is 6.04 Å². The number of fused-ring (bicyclic) bond motifs is 1. The Bertz CT molecular complexity index is 543. The predicted molar refractivity (Wildman–Crippen MR) is 87.2 cm³/mol. The van der Waals surface area contributed by atoms with Crippen molar-refractivity contribution in [2.75, 3.05) is 0 Å². The highest BCUT2D eigenvalue weighted by Gasteiger charge is 2.40. The van der Waals surface area contributed by atoms with Crippen LogP contribution in [-0.4, -0.2) is 23.7 Å². The maximum Gasteiger partial charge on any atom is 0.258 e. The summed E-state index contributed by atoms with van der Waals surface area (Å²) < 4.78 is 0. The van der Waals surface area contributed by atoms with Crippen LogP contribution in [0.4, 0.5) is 0 Å². The monoisotopic (exact) mass is 300 g/mol. The first-order chi connectivity index (χ1) is 10.8. The van der Waals surface area contributed by atoms with Gasteiger partial charge in [-0.2, -0.15) is 5.10 Å². The van der Waals surface area contributed by atoms with Crippen molar-refractivity contribution in [3.63, 3.8) is 0 Å². The molecule has 3 rings (SSSR count). The molecule has 3 atom stereocenters. The third-order valence-corrected chi connectivity index (χ3v) is 4.70. The van der Waals surface area contributed by atoms with E-state index in [0.717, 1.165) is 30.5 Å². The van der Waals surface area contributed by atoms with E-state index in [-0.39, 0.29) is 11.9 Å². The number of amides is 1. The topological polar surface area (TPSA) is 65.5 Å². The SMILES string of the molecule is CC/C(=N\NC(=O)C1NNC2CCCCC21)c1ccccc1. The van der Waals surface area contributed by atoms with Gasteiger partial charge in [-0.3, -0.25) is 10.2 Å². The van der Waals surface area contributed by atoms with Gasteiger partial charge in [-0.15, -0.1) is 0 Å². The molecule has 1 aromatic rings. The number of nitrogens with zero attached hydrogens (tertiary/aromatic N) is 1. The molecular formula is C17H24N4O. The summed E-state index contributed by atoms with van der Waals surface area (Å²) in [6.07, 6.45) is 5.49. The summed E-state index contributed by atoms with van der Waals surface area (Å²) in [6, 6.07) is 10.2. The minimum Gasteiger partial charge on any atom is -0.271 e. The van der Waals surface area contributed by atoms with Crippen molar-refractivity contribution in [3.05, 3.63) is 35.9 Å². The number of hydrazone groups is 1. The number of carbonyl (C=O) groups is 1. The number of hydrazine groups is 1. The van der Waals surface area contributed by atoms with E-state index >= 15 is 0 Å². The van der Waals surface area contributed by atoms with Gasteiger partial charge in [0.15, 0.2) is 0 Å². The fourth-order valence-electron chi connectivity index (χ4n) is 3.47. The van der Waals surface area contributed by atoms with Crippen LogP contribution in [0.1, 0.15) is 44.6 Å². The number of carbonyl (C=O) groups excluding carboxylic acids is 1. The lowest BCUT2D eigenvalue weighted by atomic mass is 9.81. The summed E-state index contributed by atoms with van der Waals surface area (Å²) in [5.74, 6) is 0.342. The molecule has 2 aliphatic rings. The van der Waals surface area contributed by atoms with Crippen molar-refractivity contribution in [3.8, 4) is 0 Å². The van der Waals surface area contributed by atoms with Crippen molar-refractivity contribution in [2.45, 2.75) is 51.1 Å². The summed E-state index contributed by atoms with van der Waals surface area (Å²) in [7, 11) is 0. The molecule has 5 heteroatoms. The second-order valence-corrected chi connectivity index (χ2v) is 6.08. The fourth-order valence-corrected chi connectivity index (χ4v) is 3.47. The van der Waals surface area contributed by atoms with Crippen molar-refractivity contribution in [1.29, 1.82) is 0 Å². The molecule has 3 unspecified atom stereocenters. The Balaban J connectivity index is 1.65. The minimum atomic E-state index is -0.178. The average Bonchev–Trinajstić information content (AvgIpc) is 3.00. The Labute approximate surface area is 131 Å². The molecule has 1 aliphatic heterocycles. The van der Waals surface area contributed by atoms with Crippen molar-refractivity contribution < 1.29 is 4.79 Å². The number of nitrogens with one attached hydrogen (secondary N) is 3. The number of hydrogen-bond acceptors (Lipinski definition) is 4. The fraction of sp³-hybridized carbons (Fsp3) is 0.529. The molecule has 0 radical (unpaired) electrons. The summed E-state index contributed by atoms with van der Waals surface area (Å²) >= 11 is 0. The van der Waals surface area contributed by atoms with Gasteiger partial charge in [-0.05, 0) is 24.8 Å². The minimum absolute atomic E-state index is 0.0382. The Morgan fingerprint density at radius 3 is 2.77 bits per heavy atom. The highest BCUT2D eigenvalue weighted by Crippen LogP contribution is 2.30. The lowest BCUT2D eigenvalue weighted by molar-refractivity contribution is -0.123. The molecule has 0 spiro atoms. The Hall–Kier alpha value is -1.72. The van der Waals surface area contributed by atoms with Crippen LogP contribution in [0.25, 0.3) is 0 Å². The third kappa shape index (κ3) is 3.20. The van der Waals surface area contributed by atoms with Crippen molar-refractivity contribution >= 4 is 11.6 Å². The molecule has 22 heavy (non-hydrogen) atoms. The lowest BCUT2D eigenvalue weighted by Gasteiger charge is -2.26. The van der Waals surface area contributed by atoms with E-state index < -0.39 is 0 Å². The third-order valence-electron chi connectivity index (χ3n) is 4.70. The highest BCUT2D eigenvalue weighted by atomic mass is 16.2. The van der Waals surface area contributed by atoms with E-state index in [0.29, 0.717) is 12.0 Å². The molecule has 1 heterocycles. The second kappa shape index (κ2) is 7.03. The summed E-state index contributed by atoms with van der Waals surface area (Å²) in [5.41, 5.74) is 11.1. The quantitative estimate of drug-likeness (QED) is 0.588. The van der Waals surface area contributed by atoms with Gasteiger partial charge in [0.25, 0.3) is 5.91 Å². The largest absolute Gasteiger partial charge is 0.271 e. The molecule has 0 bridgehead atoms. The first-order valence-electron chi connectivity index (χ1n) is 8.22. The van der Waals surface area contributed by atoms with Gasteiger partial charge < -0.3 is 0 Å². The zero-order valence-electron chi connectivity index (χ0n) is 13.0. The van der Waals surface area contributed by atoms with Crippen LogP contribution in [0.2, 0.25) is 0 Å². The Kier molecular flexibility index (Phi) is 4.85. The van der Waals surface area contributed by atoms with Crippen molar-refractivity contribution in [2.24, 2.45) is 11.0 Å². The van der Waals surface area contributed by atoms with Crippen molar-refractivity contribution in [1.82, 2.24) is 16.3 Å². The van der Waals surface area contributed by atoms with Gasteiger partial charge in [0, 0.05) is 12.0 Å². The first-order valence-corrected chi connectivity index (χ1v) is 8.22. The number of benzene rings is 1. The van der Waals surface area contributed by atoms with Crippen LogP contribution in [-0.2, 0) is 4.79 Å². The molecule has 1 aliphatic carbocycles. The van der Waals surface area contributed by atoms with Gasteiger partial charge in [0.05, 0.1) is 5.71 Å². The van der Waals surface area contributed by atoms with Crippen LogP contribution in [0, 0.1) is 5.92 Å². The molecule has 118 valence electrons. The van der Waals surface area contributed by atoms with Crippen LogP contribution < -0.4 is 16.3 Å². The van der Waals surface area contributed by atoms with E-state index in [2.05, 4.69) is 21.4 Å². The highest BCUT2D eigenvalue weighted by molar-refractivity contribution is 6.01. The lowest BCUT2D eigenvalue weighted by Crippen LogP contribution is -2.44. The van der Waals surface area contributed by atoms with E-state index in [1.54, 1.807) is 0 Å². The van der Waals surface area contributed by atoms with Crippen LogP contribution in [0.5, 0.6) is 0 Å². The maximum absolute atomic E-state index is 12.4. The summed E-state index contributed by atoms with van der Waals surface area (Å²) in [4.78, 5) is 12.4. The molecule has 3 N–H and O–H groups in total. The second-order valence-electron chi connectivity index (χ2n) is 6.08. The summed E-state index contributed by atoms with van der Waals surface area (Å²) in [5, 5.41) is 4.34. The molecule has 1 aromatic carbocycles. The van der Waals surface area contributed by atoms with E-state index in [4.69, 9.17) is 0 Å². The van der Waals surface area contributed by atoms with Gasteiger partial charge in [-0.25, -0.2) is 10.9 Å². The zero-order chi connectivity index (χ0) is 15.4. The van der Waals surface area contributed by atoms with Crippen LogP contribution >= 0.6 is 0 Å². The number of rotatable bonds is 4. The average molecular weight is 300 g/mol. The van der Waals surface area contributed by atoms with Crippen LogP contribution in [0.15, 0.2) is 35.4 Å². The van der Waals surface area contributed by atoms with E-state index in [1.165, 1.54) is 12.8 Å². The van der Waals surface area contributed by atoms with Crippen LogP contribution in [0.3, 0.4) is 0 Å². The van der Waals surface area contributed by atoms with Gasteiger partial charge in [0.2, 0.25) is 0 Å². The Morgan fingerprint density at radius 1 is 1.23 bits per heavy atom.